The first-order valence-corrected chi connectivity index (χ1v) is 10.8. The smallest absolute Gasteiger partial charge is 0.269 e. The third kappa shape index (κ3) is 4.49. The number of thioether (sulfide) groups is 1. The Hall–Kier alpha value is -3.52. The molecular weight excluding hydrogens is 412 g/mol. The molecule has 0 aliphatic heterocycles. The van der Waals surface area contributed by atoms with E-state index in [0.717, 1.165) is 5.82 Å². The van der Waals surface area contributed by atoms with Crippen molar-refractivity contribution in [2.45, 2.75) is 25.0 Å². The minimum atomic E-state index is -0.482. The molecule has 0 aliphatic rings. The highest BCUT2D eigenvalue weighted by Crippen LogP contribution is 2.24. The summed E-state index contributed by atoms with van der Waals surface area (Å²) in [5.74, 6) is 0.926. The number of hydrogen-bond donors (Lipinski definition) is 0. The van der Waals surface area contributed by atoms with Crippen LogP contribution >= 0.6 is 11.8 Å². The number of aromatic nitrogens is 3. The quantitative estimate of drug-likeness (QED) is 0.170. The van der Waals surface area contributed by atoms with Crippen LogP contribution in [-0.2, 0) is 13.0 Å². The number of nitro groups is 1. The average Bonchev–Trinajstić information content (AvgIpc) is 3.19. The average molecular weight is 433 g/mol. The molecule has 0 atom stereocenters. The first kappa shape index (κ1) is 20.7. The summed E-state index contributed by atoms with van der Waals surface area (Å²) in [6.45, 7) is 2.72. The molecule has 0 spiro atoms. The maximum atomic E-state index is 12.5. The predicted octanol–water partition coefficient (Wildman–Crippen LogP) is 4.93. The lowest BCUT2D eigenvalue weighted by molar-refractivity contribution is -0.384. The number of nitrogens with zero attached hydrogens (tertiary/aromatic N) is 4. The van der Waals surface area contributed by atoms with Crippen LogP contribution in [0.4, 0.5) is 5.69 Å². The second-order valence-electron chi connectivity index (χ2n) is 6.97. The fourth-order valence-corrected chi connectivity index (χ4v) is 4.39. The zero-order valence-electron chi connectivity index (χ0n) is 16.9. The van der Waals surface area contributed by atoms with E-state index in [0.29, 0.717) is 23.7 Å². The monoisotopic (exact) mass is 432 g/mol. The molecule has 0 saturated carbocycles. The van der Waals surface area contributed by atoms with Crippen LogP contribution in [0.15, 0.2) is 71.9 Å². The highest BCUT2D eigenvalue weighted by molar-refractivity contribution is 7.99. The van der Waals surface area contributed by atoms with Gasteiger partial charge in [0.2, 0.25) is 0 Å². The molecule has 7 nitrogen and oxygen atoms in total. The Morgan fingerprint density at radius 3 is 2.52 bits per heavy atom. The van der Waals surface area contributed by atoms with E-state index in [1.165, 1.54) is 52.4 Å². The van der Waals surface area contributed by atoms with Gasteiger partial charge in [0.25, 0.3) is 5.69 Å². The van der Waals surface area contributed by atoms with Crippen LogP contribution < -0.4 is 0 Å². The van der Waals surface area contributed by atoms with Crippen molar-refractivity contribution in [3.05, 3.63) is 93.8 Å². The molecule has 0 amide bonds. The van der Waals surface area contributed by atoms with Crippen molar-refractivity contribution in [2.75, 3.05) is 5.75 Å². The van der Waals surface area contributed by atoms with Crippen molar-refractivity contribution in [2.24, 2.45) is 0 Å². The van der Waals surface area contributed by atoms with Gasteiger partial charge in [0, 0.05) is 30.7 Å². The van der Waals surface area contributed by atoms with Crippen LogP contribution in [0.2, 0.25) is 0 Å². The van der Waals surface area contributed by atoms with Gasteiger partial charge in [0.15, 0.2) is 10.9 Å². The van der Waals surface area contributed by atoms with E-state index in [1.54, 1.807) is 0 Å². The summed E-state index contributed by atoms with van der Waals surface area (Å²) in [6.07, 6.45) is 0.652. The molecule has 0 radical (unpaired) electrons. The third-order valence-corrected chi connectivity index (χ3v) is 6.04. The second-order valence-corrected chi connectivity index (χ2v) is 7.92. The predicted molar refractivity (Wildman–Crippen MR) is 121 cm³/mol. The van der Waals surface area contributed by atoms with E-state index in [2.05, 4.69) is 34.5 Å². The summed E-state index contributed by atoms with van der Waals surface area (Å²) in [6, 6.07) is 20.1. The van der Waals surface area contributed by atoms with E-state index >= 15 is 0 Å². The molecule has 156 valence electrons. The van der Waals surface area contributed by atoms with E-state index in [-0.39, 0.29) is 17.2 Å². The summed E-state index contributed by atoms with van der Waals surface area (Å²) in [4.78, 5) is 22.8. The molecule has 4 aromatic rings. The molecular formula is C23H20N4O3S. The van der Waals surface area contributed by atoms with Gasteiger partial charge < -0.3 is 4.57 Å². The van der Waals surface area contributed by atoms with Crippen LogP contribution in [0.3, 0.4) is 0 Å². The van der Waals surface area contributed by atoms with E-state index in [9.17, 15) is 14.9 Å². The molecule has 1 heterocycles. The highest BCUT2D eigenvalue weighted by Gasteiger charge is 2.16. The molecule has 0 fully saturated rings. The normalized spacial score (nSPS) is 11.0. The lowest BCUT2D eigenvalue weighted by Gasteiger charge is -2.09. The SMILES string of the molecule is CCn1c(Cc2cccc3ccccc23)nnc1SCC(=O)c1ccc([N+](=O)[O-])cc1. The first-order chi connectivity index (χ1) is 15.1. The second kappa shape index (κ2) is 9.09. The Balaban J connectivity index is 1.49. The fraction of sp³-hybridized carbons (Fsp3) is 0.174. The lowest BCUT2D eigenvalue weighted by atomic mass is 10.0. The van der Waals surface area contributed by atoms with Crippen LogP contribution in [0.1, 0.15) is 28.7 Å². The van der Waals surface area contributed by atoms with E-state index in [4.69, 9.17) is 0 Å². The minimum absolute atomic E-state index is 0.0343. The molecule has 1 aromatic heterocycles. The van der Waals surface area contributed by atoms with Crippen molar-refractivity contribution < 1.29 is 9.72 Å². The number of hydrogen-bond acceptors (Lipinski definition) is 6. The molecule has 0 unspecified atom stereocenters. The van der Waals surface area contributed by atoms with Gasteiger partial charge in [-0.1, -0.05) is 54.2 Å². The molecule has 8 heteroatoms. The topological polar surface area (TPSA) is 90.9 Å². The maximum absolute atomic E-state index is 12.5. The van der Waals surface area contributed by atoms with Crippen molar-refractivity contribution in [1.29, 1.82) is 0 Å². The lowest BCUT2D eigenvalue weighted by Crippen LogP contribution is -2.07. The van der Waals surface area contributed by atoms with Gasteiger partial charge >= 0.3 is 0 Å². The maximum Gasteiger partial charge on any atom is 0.269 e. The summed E-state index contributed by atoms with van der Waals surface area (Å²) >= 11 is 1.33. The van der Waals surface area contributed by atoms with E-state index < -0.39 is 4.92 Å². The van der Waals surface area contributed by atoms with Crippen molar-refractivity contribution >= 4 is 34.0 Å². The zero-order valence-corrected chi connectivity index (χ0v) is 17.7. The summed E-state index contributed by atoms with van der Waals surface area (Å²) in [5.41, 5.74) is 1.59. The largest absolute Gasteiger partial charge is 0.306 e. The standard InChI is InChI=1S/C23H20N4O3S/c1-2-26-22(14-18-8-5-7-16-6-3-4-9-20(16)18)24-25-23(26)31-15-21(28)17-10-12-19(13-11-17)27(29)30/h3-13H,2,14-15H2,1H3. The van der Waals surface area contributed by atoms with E-state index in [1.807, 2.05) is 29.7 Å². The van der Waals surface area contributed by atoms with Crippen LogP contribution in [0.5, 0.6) is 0 Å². The van der Waals surface area contributed by atoms with Crippen molar-refractivity contribution in [3.8, 4) is 0 Å². The van der Waals surface area contributed by atoms with Crippen LogP contribution in [0, 0.1) is 10.1 Å². The van der Waals surface area contributed by atoms with Gasteiger partial charge in [-0.25, -0.2) is 0 Å². The minimum Gasteiger partial charge on any atom is -0.306 e. The Morgan fingerprint density at radius 1 is 1.03 bits per heavy atom. The summed E-state index contributed by atoms with van der Waals surface area (Å²) in [5, 5.41) is 22.5. The number of fused-ring (bicyclic) bond motifs is 1. The number of Topliss-reactive ketones (excluding diaryl/α,β-unsaturated/α-hetero) is 1. The van der Waals surface area contributed by atoms with Crippen molar-refractivity contribution in [3.63, 3.8) is 0 Å². The first-order valence-electron chi connectivity index (χ1n) is 9.86. The zero-order chi connectivity index (χ0) is 21.8. The van der Waals surface area contributed by atoms with Gasteiger partial charge in [-0.05, 0) is 35.4 Å². The Labute approximate surface area is 183 Å². The number of carbonyl (C=O) groups is 1. The Kier molecular flexibility index (Phi) is 6.08. The molecule has 31 heavy (non-hydrogen) atoms. The number of non-ortho nitro benzene ring substituents is 1. The number of ketones is 1. The van der Waals surface area contributed by atoms with Gasteiger partial charge in [0.1, 0.15) is 5.82 Å². The van der Waals surface area contributed by atoms with Gasteiger partial charge in [-0.3, -0.25) is 14.9 Å². The van der Waals surface area contributed by atoms with Gasteiger partial charge in [-0.2, -0.15) is 0 Å². The Bertz CT molecular complexity index is 1250. The van der Waals surface area contributed by atoms with Crippen molar-refractivity contribution in [1.82, 2.24) is 14.8 Å². The van der Waals surface area contributed by atoms with Gasteiger partial charge in [0.05, 0.1) is 10.7 Å². The van der Waals surface area contributed by atoms with Crippen LogP contribution in [-0.4, -0.2) is 31.2 Å². The third-order valence-electron chi connectivity index (χ3n) is 5.07. The van der Waals surface area contributed by atoms with Gasteiger partial charge in [-0.15, -0.1) is 10.2 Å². The molecule has 0 N–H and O–H groups in total. The molecule has 4 rings (SSSR count). The molecule has 0 bridgehead atoms. The highest BCUT2D eigenvalue weighted by atomic mass is 32.2. The molecule has 0 saturated heterocycles. The number of carbonyl (C=O) groups excluding carboxylic acids is 1. The number of benzene rings is 3. The number of nitro benzene ring substituents is 1. The Morgan fingerprint density at radius 2 is 1.77 bits per heavy atom. The molecule has 3 aromatic carbocycles. The summed E-state index contributed by atoms with van der Waals surface area (Å²) in [7, 11) is 0. The molecule has 0 aliphatic carbocycles. The number of rotatable bonds is 8. The fourth-order valence-electron chi connectivity index (χ4n) is 3.47. The summed E-state index contributed by atoms with van der Waals surface area (Å²) < 4.78 is 2.02. The van der Waals surface area contributed by atoms with Crippen LogP contribution in [0.25, 0.3) is 10.8 Å².